The molecule has 0 fully saturated rings. The molecule has 2 rings (SSSR count). The molecule has 0 aromatic carbocycles. The first-order valence-electron chi connectivity index (χ1n) is 7.66. The number of pyridine rings is 1. The zero-order valence-electron chi connectivity index (χ0n) is 13.0. The molecule has 1 atom stereocenters. The van der Waals surface area contributed by atoms with Gasteiger partial charge in [-0.25, -0.2) is 0 Å². The van der Waals surface area contributed by atoms with Crippen LogP contribution in [0.15, 0.2) is 36.2 Å². The number of amides is 1. The second-order valence-electron chi connectivity index (χ2n) is 5.57. The average Bonchev–Trinajstić information content (AvgIpc) is 2.57. The van der Waals surface area contributed by atoms with Crippen molar-refractivity contribution in [3.63, 3.8) is 0 Å². The highest BCUT2D eigenvalue weighted by Crippen LogP contribution is 2.28. The summed E-state index contributed by atoms with van der Waals surface area (Å²) in [4.78, 5) is 17.6. The van der Waals surface area contributed by atoms with Crippen molar-refractivity contribution in [3.05, 3.63) is 41.7 Å². The summed E-state index contributed by atoms with van der Waals surface area (Å²) in [6.45, 7) is 0.556. The minimum atomic E-state index is -4.60. The van der Waals surface area contributed by atoms with Gasteiger partial charge in [-0.2, -0.15) is 13.2 Å². The predicted molar refractivity (Wildman–Crippen MR) is 81.3 cm³/mol. The number of nitrogens with one attached hydrogen (secondary N) is 1. The average molecular weight is 345 g/mol. The summed E-state index contributed by atoms with van der Waals surface area (Å²) >= 11 is 0. The van der Waals surface area contributed by atoms with Gasteiger partial charge in [-0.1, -0.05) is 6.08 Å². The van der Waals surface area contributed by atoms with E-state index in [0.29, 0.717) is 19.5 Å². The lowest BCUT2D eigenvalue weighted by Crippen LogP contribution is -2.50. The van der Waals surface area contributed by atoms with Crippen molar-refractivity contribution in [3.8, 4) is 0 Å². The summed E-state index contributed by atoms with van der Waals surface area (Å²) in [7, 11) is 0. The highest BCUT2D eigenvalue weighted by atomic mass is 19.4. The Morgan fingerprint density at radius 3 is 2.67 bits per heavy atom. The fourth-order valence-electron chi connectivity index (χ4n) is 2.62. The van der Waals surface area contributed by atoms with E-state index in [2.05, 4.69) is 10.3 Å². The number of hydrogen-bond acceptors (Lipinski definition) is 3. The third-order valence-corrected chi connectivity index (χ3v) is 3.78. The molecule has 1 unspecified atom stereocenters. The van der Waals surface area contributed by atoms with Gasteiger partial charge in [-0.3, -0.25) is 19.1 Å². The van der Waals surface area contributed by atoms with Gasteiger partial charge in [0.15, 0.2) is 0 Å². The Labute approximate surface area is 137 Å². The van der Waals surface area contributed by atoms with Crippen molar-refractivity contribution in [1.82, 2.24) is 15.2 Å². The van der Waals surface area contributed by atoms with Gasteiger partial charge in [0.25, 0.3) is 5.91 Å². The largest absolute Gasteiger partial charge is 0.412 e. The van der Waals surface area contributed by atoms with Gasteiger partial charge in [0.05, 0.1) is 6.67 Å². The molecule has 1 aliphatic rings. The van der Waals surface area contributed by atoms with E-state index in [1.807, 2.05) is 0 Å². The first-order chi connectivity index (χ1) is 11.4. The highest BCUT2D eigenvalue weighted by Gasteiger charge is 2.43. The third-order valence-electron chi connectivity index (χ3n) is 3.78. The number of nitrogens with zero attached hydrogens (tertiary/aromatic N) is 2. The van der Waals surface area contributed by atoms with Gasteiger partial charge in [-0.05, 0) is 30.5 Å². The molecule has 0 saturated heterocycles. The molecule has 24 heavy (non-hydrogen) atoms. The van der Waals surface area contributed by atoms with Gasteiger partial charge < -0.3 is 5.32 Å². The number of hydrogen-bond donors (Lipinski definition) is 1. The Bertz CT molecular complexity index is 574. The van der Waals surface area contributed by atoms with Crippen molar-refractivity contribution in [1.29, 1.82) is 0 Å². The summed E-state index contributed by atoms with van der Waals surface area (Å²) < 4.78 is 52.5. The Hall–Kier alpha value is -1.96. The second-order valence-corrected chi connectivity index (χ2v) is 5.57. The molecule has 0 radical (unpaired) electrons. The molecule has 1 amide bonds. The van der Waals surface area contributed by atoms with E-state index in [0.717, 1.165) is 0 Å². The molecule has 4 nitrogen and oxygen atoms in total. The molecule has 8 heteroatoms. The normalized spacial score (nSPS) is 17.2. The van der Waals surface area contributed by atoms with E-state index < -0.39 is 24.8 Å². The summed E-state index contributed by atoms with van der Waals surface area (Å²) in [5.74, 6) is -0.804. The lowest BCUT2D eigenvalue weighted by molar-refractivity contribution is -0.145. The van der Waals surface area contributed by atoms with E-state index >= 15 is 0 Å². The smallest absolute Gasteiger partial charge is 0.337 e. The second kappa shape index (κ2) is 8.23. The zero-order chi connectivity index (χ0) is 17.6. The number of halogens is 4. The summed E-state index contributed by atoms with van der Waals surface area (Å²) in [6.07, 6.45) is 0.327. The number of aromatic nitrogens is 1. The van der Waals surface area contributed by atoms with Crippen LogP contribution in [0.2, 0.25) is 0 Å². The minimum Gasteiger partial charge on any atom is -0.337 e. The van der Waals surface area contributed by atoms with Gasteiger partial charge in [0, 0.05) is 37.6 Å². The molecule has 0 aliphatic carbocycles. The molecular weight excluding hydrogens is 326 g/mol. The summed E-state index contributed by atoms with van der Waals surface area (Å²) in [6, 6.07) is 0.656. The molecule has 1 aliphatic heterocycles. The Kier molecular flexibility index (Phi) is 6.30. The fourth-order valence-corrected chi connectivity index (χ4v) is 2.62. The van der Waals surface area contributed by atoms with E-state index in [9.17, 15) is 22.4 Å². The van der Waals surface area contributed by atoms with Crippen molar-refractivity contribution in [2.45, 2.75) is 25.1 Å². The Morgan fingerprint density at radius 1 is 1.33 bits per heavy atom. The van der Waals surface area contributed by atoms with Gasteiger partial charge in [-0.15, -0.1) is 0 Å². The van der Waals surface area contributed by atoms with Crippen LogP contribution in [0.5, 0.6) is 0 Å². The van der Waals surface area contributed by atoms with E-state index in [1.165, 1.54) is 30.6 Å². The van der Waals surface area contributed by atoms with Gasteiger partial charge in [0.1, 0.15) is 6.04 Å². The zero-order valence-corrected chi connectivity index (χ0v) is 13.0. The van der Waals surface area contributed by atoms with E-state index in [4.69, 9.17) is 0 Å². The number of rotatable bonds is 6. The van der Waals surface area contributed by atoms with Gasteiger partial charge in [0.2, 0.25) is 0 Å². The SMILES string of the molecule is O=C(NC(C1=CCCN(CCCF)C1)C(F)(F)F)c1ccncc1. The van der Waals surface area contributed by atoms with Crippen LogP contribution in [0.25, 0.3) is 0 Å². The Balaban J connectivity index is 2.11. The molecule has 132 valence electrons. The van der Waals surface area contributed by atoms with Crippen molar-refractivity contribution in [2.24, 2.45) is 0 Å². The van der Waals surface area contributed by atoms with Crippen LogP contribution in [-0.4, -0.2) is 54.3 Å². The number of carbonyl (C=O) groups excluding carboxylic acids is 1. The quantitative estimate of drug-likeness (QED) is 0.637. The highest BCUT2D eigenvalue weighted by molar-refractivity contribution is 5.94. The molecule has 0 spiro atoms. The summed E-state index contributed by atoms with van der Waals surface area (Å²) in [5.41, 5.74) is 0.208. The third kappa shape index (κ3) is 5.02. The van der Waals surface area contributed by atoms with Crippen LogP contribution in [-0.2, 0) is 0 Å². The molecular formula is C16H19F4N3O. The molecule has 1 aromatic rings. The van der Waals surface area contributed by atoms with Crippen LogP contribution < -0.4 is 5.32 Å². The molecule has 2 heterocycles. The standard InChI is InChI=1S/C16H19F4N3O/c17-6-2-10-23-9-1-3-13(11-23)14(16(18,19)20)22-15(24)12-4-7-21-8-5-12/h3-5,7-8,14H,1-2,6,9-11H2,(H,22,24). The first kappa shape index (κ1) is 18.4. The molecule has 1 aromatic heterocycles. The predicted octanol–water partition coefficient (Wildman–Crippen LogP) is 2.73. The molecule has 1 N–H and O–H groups in total. The van der Waals surface area contributed by atoms with E-state index in [-0.39, 0.29) is 24.1 Å². The van der Waals surface area contributed by atoms with Crippen molar-refractivity contribution < 1.29 is 22.4 Å². The molecule has 0 saturated carbocycles. The fraction of sp³-hybridized carbons (Fsp3) is 0.500. The lowest BCUT2D eigenvalue weighted by atomic mass is 10.0. The van der Waals surface area contributed by atoms with Crippen LogP contribution in [0.1, 0.15) is 23.2 Å². The van der Waals surface area contributed by atoms with Crippen molar-refractivity contribution in [2.75, 3.05) is 26.3 Å². The van der Waals surface area contributed by atoms with Crippen LogP contribution in [0.4, 0.5) is 17.6 Å². The topological polar surface area (TPSA) is 45.2 Å². The van der Waals surface area contributed by atoms with Crippen LogP contribution >= 0.6 is 0 Å². The van der Waals surface area contributed by atoms with Crippen LogP contribution in [0, 0.1) is 0 Å². The maximum atomic E-state index is 13.4. The maximum Gasteiger partial charge on any atom is 0.412 e. The van der Waals surface area contributed by atoms with Gasteiger partial charge >= 0.3 is 6.18 Å². The Morgan fingerprint density at radius 2 is 2.04 bits per heavy atom. The van der Waals surface area contributed by atoms with Crippen molar-refractivity contribution >= 4 is 5.91 Å². The molecule has 0 bridgehead atoms. The lowest BCUT2D eigenvalue weighted by Gasteiger charge is -2.32. The number of carbonyl (C=O) groups is 1. The number of alkyl halides is 4. The summed E-state index contributed by atoms with van der Waals surface area (Å²) in [5, 5.41) is 2.06. The minimum absolute atomic E-state index is 0.0702. The van der Waals surface area contributed by atoms with E-state index in [1.54, 1.807) is 4.90 Å². The first-order valence-corrected chi connectivity index (χ1v) is 7.66. The maximum absolute atomic E-state index is 13.4. The monoisotopic (exact) mass is 345 g/mol. The van der Waals surface area contributed by atoms with Crippen LogP contribution in [0.3, 0.4) is 0 Å².